The van der Waals surface area contributed by atoms with Crippen molar-refractivity contribution in [2.75, 3.05) is 18.5 Å². The average Bonchev–Trinajstić information content (AvgIpc) is 3.28. The summed E-state index contributed by atoms with van der Waals surface area (Å²) in [4.78, 5) is 53.1. The summed E-state index contributed by atoms with van der Waals surface area (Å²) in [6.45, 7) is 2.93. The Hall–Kier alpha value is -3.52. The fraction of sp³-hybridized carbons (Fsp3) is 0.360. The largest absolute Gasteiger partial charge is 0.366 e. The van der Waals surface area contributed by atoms with Crippen LogP contribution in [0.15, 0.2) is 42.5 Å². The number of piperidine rings is 1. The van der Waals surface area contributed by atoms with Crippen molar-refractivity contribution in [2.24, 2.45) is 0 Å². The van der Waals surface area contributed by atoms with Crippen molar-refractivity contribution in [3.63, 3.8) is 0 Å². The quantitative estimate of drug-likeness (QED) is 0.680. The van der Waals surface area contributed by atoms with Gasteiger partial charge in [0, 0.05) is 25.2 Å². The Morgan fingerprint density at radius 1 is 1.06 bits per heavy atom. The van der Waals surface area contributed by atoms with E-state index in [9.17, 15) is 19.2 Å². The van der Waals surface area contributed by atoms with E-state index >= 15 is 0 Å². The first-order chi connectivity index (χ1) is 15.9. The zero-order valence-electron chi connectivity index (χ0n) is 18.6. The topological polar surface area (TPSA) is 98.8 Å². The van der Waals surface area contributed by atoms with Crippen LogP contribution in [-0.2, 0) is 16.0 Å². The third kappa shape index (κ3) is 3.41. The second-order valence-electron chi connectivity index (χ2n) is 8.80. The van der Waals surface area contributed by atoms with Crippen molar-refractivity contribution in [3.05, 3.63) is 64.7 Å². The van der Waals surface area contributed by atoms with Gasteiger partial charge in [-0.2, -0.15) is 0 Å². The Bertz CT molecular complexity index is 1180. The van der Waals surface area contributed by atoms with Crippen LogP contribution < -0.4 is 15.5 Å². The van der Waals surface area contributed by atoms with Crippen LogP contribution in [0.25, 0.3) is 0 Å². The van der Waals surface area contributed by atoms with Gasteiger partial charge in [0.05, 0.1) is 17.2 Å². The number of nitrogens with one attached hydrogen (secondary N) is 2. The predicted molar refractivity (Wildman–Crippen MR) is 122 cm³/mol. The van der Waals surface area contributed by atoms with Gasteiger partial charge < -0.3 is 10.2 Å². The van der Waals surface area contributed by atoms with Gasteiger partial charge in [-0.1, -0.05) is 31.2 Å². The fourth-order valence-electron chi connectivity index (χ4n) is 5.34. The Labute approximate surface area is 191 Å². The van der Waals surface area contributed by atoms with Gasteiger partial charge in [-0.05, 0) is 48.7 Å². The van der Waals surface area contributed by atoms with Gasteiger partial charge in [-0.3, -0.25) is 29.4 Å². The van der Waals surface area contributed by atoms with Crippen LogP contribution in [0.1, 0.15) is 57.7 Å². The van der Waals surface area contributed by atoms with Crippen LogP contribution in [0.5, 0.6) is 0 Å². The minimum absolute atomic E-state index is 0.0812. The zero-order chi connectivity index (χ0) is 23.3. The van der Waals surface area contributed by atoms with E-state index in [2.05, 4.69) is 34.6 Å². The molecular weight excluding hydrogens is 420 g/mol. The summed E-state index contributed by atoms with van der Waals surface area (Å²) in [6.07, 6.45) is 1.17. The van der Waals surface area contributed by atoms with Crippen LogP contribution in [0.3, 0.4) is 0 Å². The Morgan fingerprint density at radius 2 is 1.82 bits per heavy atom. The molecule has 3 unspecified atom stereocenters. The maximum Gasteiger partial charge on any atom is 0.262 e. The summed E-state index contributed by atoms with van der Waals surface area (Å²) in [6, 6.07) is 13.0. The van der Waals surface area contributed by atoms with Gasteiger partial charge >= 0.3 is 0 Å². The van der Waals surface area contributed by atoms with E-state index in [0.717, 1.165) is 23.6 Å². The standard InChI is InChI=1S/C25H26N4O4/c1-3-26-19-12-14-6-4-5-7-16(14)22(19)28(2)15-8-9-17-18(13-15)25(33)29(24(17)32)20-10-11-21(30)27-23(20)31/h4-9,13,19-20,22,26H,3,10-12H2,1-2H3,(H,27,30,31). The summed E-state index contributed by atoms with van der Waals surface area (Å²) >= 11 is 0. The summed E-state index contributed by atoms with van der Waals surface area (Å²) in [5.74, 6) is -1.97. The van der Waals surface area contributed by atoms with E-state index in [0.29, 0.717) is 5.56 Å². The lowest BCUT2D eigenvalue weighted by Crippen LogP contribution is -2.54. The van der Waals surface area contributed by atoms with Crippen molar-refractivity contribution in [1.82, 2.24) is 15.5 Å². The monoisotopic (exact) mass is 446 g/mol. The first-order valence-electron chi connectivity index (χ1n) is 11.3. The number of rotatable bonds is 5. The molecule has 5 rings (SSSR count). The molecule has 170 valence electrons. The normalized spacial score (nSPS) is 24.1. The van der Waals surface area contributed by atoms with E-state index in [1.54, 1.807) is 12.1 Å². The molecule has 2 N–H and O–H groups in total. The molecule has 0 aromatic heterocycles. The SMILES string of the molecule is CCNC1Cc2ccccc2C1N(C)c1ccc2c(c1)C(=O)N(C1CCC(=O)NC1=O)C2=O. The van der Waals surface area contributed by atoms with Gasteiger partial charge in [-0.15, -0.1) is 0 Å². The number of amides is 4. The molecule has 3 atom stereocenters. The summed E-state index contributed by atoms with van der Waals surface area (Å²) in [7, 11) is 2.00. The zero-order valence-corrected chi connectivity index (χ0v) is 18.6. The molecule has 1 aliphatic carbocycles. The molecule has 1 saturated heterocycles. The van der Waals surface area contributed by atoms with Crippen molar-refractivity contribution in [1.29, 1.82) is 0 Å². The fourth-order valence-corrected chi connectivity index (χ4v) is 5.34. The smallest absolute Gasteiger partial charge is 0.262 e. The number of benzene rings is 2. The van der Waals surface area contributed by atoms with Crippen molar-refractivity contribution < 1.29 is 19.2 Å². The lowest BCUT2D eigenvalue weighted by Gasteiger charge is -2.33. The molecule has 2 aromatic carbocycles. The molecule has 2 aliphatic heterocycles. The summed E-state index contributed by atoms with van der Waals surface area (Å²) in [5.41, 5.74) is 3.96. The number of anilines is 1. The molecule has 0 spiro atoms. The molecule has 8 nitrogen and oxygen atoms in total. The number of hydrogen-bond donors (Lipinski definition) is 2. The van der Waals surface area contributed by atoms with Crippen molar-refractivity contribution >= 4 is 29.3 Å². The Morgan fingerprint density at radius 3 is 2.58 bits per heavy atom. The molecule has 2 heterocycles. The molecule has 1 fully saturated rings. The van der Waals surface area contributed by atoms with Gasteiger partial charge in [0.15, 0.2) is 0 Å². The van der Waals surface area contributed by atoms with Crippen molar-refractivity contribution in [2.45, 2.75) is 44.3 Å². The second-order valence-corrected chi connectivity index (χ2v) is 8.80. The van der Waals surface area contributed by atoms with Crippen LogP contribution in [0.4, 0.5) is 5.69 Å². The number of hydrogen-bond acceptors (Lipinski definition) is 6. The molecular formula is C25H26N4O4. The minimum atomic E-state index is -0.962. The second kappa shape index (κ2) is 8.12. The lowest BCUT2D eigenvalue weighted by molar-refractivity contribution is -0.136. The highest BCUT2D eigenvalue weighted by Crippen LogP contribution is 2.39. The number of nitrogens with zero attached hydrogens (tertiary/aromatic N) is 2. The van der Waals surface area contributed by atoms with Gasteiger partial charge in [0.2, 0.25) is 11.8 Å². The van der Waals surface area contributed by atoms with Crippen LogP contribution >= 0.6 is 0 Å². The van der Waals surface area contributed by atoms with E-state index in [1.165, 1.54) is 11.1 Å². The maximum absolute atomic E-state index is 13.2. The van der Waals surface area contributed by atoms with Crippen molar-refractivity contribution in [3.8, 4) is 0 Å². The minimum Gasteiger partial charge on any atom is -0.366 e. The number of likely N-dealkylation sites (N-methyl/N-ethyl adjacent to an activating group) is 2. The van der Waals surface area contributed by atoms with Gasteiger partial charge in [0.25, 0.3) is 11.8 Å². The Balaban J connectivity index is 1.46. The van der Waals surface area contributed by atoms with Gasteiger partial charge in [0.1, 0.15) is 6.04 Å². The average molecular weight is 447 g/mol. The van der Waals surface area contributed by atoms with Crippen LogP contribution in [-0.4, -0.2) is 54.2 Å². The number of fused-ring (bicyclic) bond motifs is 2. The maximum atomic E-state index is 13.2. The molecule has 33 heavy (non-hydrogen) atoms. The number of carbonyl (C=O) groups excluding carboxylic acids is 4. The van der Waals surface area contributed by atoms with Crippen LogP contribution in [0.2, 0.25) is 0 Å². The number of carbonyl (C=O) groups is 4. The third-order valence-corrected chi connectivity index (χ3v) is 6.91. The third-order valence-electron chi connectivity index (χ3n) is 6.91. The van der Waals surface area contributed by atoms with E-state index in [4.69, 9.17) is 0 Å². The summed E-state index contributed by atoms with van der Waals surface area (Å²) < 4.78 is 0. The molecule has 0 saturated carbocycles. The van der Waals surface area contributed by atoms with E-state index in [1.807, 2.05) is 25.2 Å². The molecule has 2 aromatic rings. The molecule has 0 bridgehead atoms. The number of imide groups is 2. The molecule has 3 aliphatic rings. The highest BCUT2D eigenvalue weighted by Gasteiger charge is 2.45. The highest BCUT2D eigenvalue weighted by atomic mass is 16.2. The predicted octanol–water partition coefficient (Wildman–Crippen LogP) is 1.80. The molecule has 8 heteroatoms. The molecule has 0 radical (unpaired) electrons. The first-order valence-corrected chi connectivity index (χ1v) is 11.3. The van der Waals surface area contributed by atoms with E-state index < -0.39 is 23.8 Å². The first kappa shape index (κ1) is 21.3. The Kier molecular flexibility index (Phi) is 5.25. The highest BCUT2D eigenvalue weighted by molar-refractivity contribution is 6.23. The summed E-state index contributed by atoms with van der Waals surface area (Å²) in [5, 5.41) is 5.80. The van der Waals surface area contributed by atoms with Gasteiger partial charge in [-0.25, -0.2) is 0 Å². The lowest BCUT2D eigenvalue weighted by atomic mass is 10.0. The van der Waals surface area contributed by atoms with Crippen LogP contribution in [0, 0.1) is 0 Å². The molecule has 4 amide bonds. The van der Waals surface area contributed by atoms with E-state index in [-0.39, 0.29) is 36.4 Å².